The summed E-state index contributed by atoms with van der Waals surface area (Å²) in [5.41, 5.74) is 23.7. The average molecular weight is 851 g/mol. The van der Waals surface area contributed by atoms with Crippen molar-refractivity contribution in [1.29, 1.82) is 0 Å². The van der Waals surface area contributed by atoms with Crippen molar-refractivity contribution >= 4 is 44.9 Å². The molecular weight excluding hydrogens is 809 g/mol. The lowest BCUT2D eigenvalue weighted by molar-refractivity contribution is 0.776. The third-order valence-corrected chi connectivity index (χ3v) is 14.6. The lowest BCUT2D eigenvalue weighted by Gasteiger charge is -2.36. The second kappa shape index (κ2) is 14.7. The molecule has 0 saturated carbocycles. The first-order chi connectivity index (χ1) is 33.3. The maximum absolute atomic E-state index is 2.52. The van der Waals surface area contributed by atoms with E-state index in [2.05, 4.69) is 265 Å². The molecule has 1 spiro atoms. The summed E-state index contributed by atoms with van der Waals surface area (Å²) in [6.07, 6.45) is 0. The molecule has 0 radical (unpaired) electrons. The van der Waals surface area contributed by atoms with Crippen LogP contribution in [0.3, 0.4) is 0 Å². The van der Waals surface area contributed by atoms with Gasteiger partial charge in [-0.1, -0.05) is 200 Å². The fraction of sp³-hybridized carbons (Fsp3) is 0.0154. The predicted molar refractivity (Wildman–Crippen MR) is 279 cm³/mol. The maximum Gasteiger partial charge on any atom is 0.0726 e. The van der Waals surface area contributed by atoms with Gasteiger partial charge in [0.1, 0.15) is 0 Å². The van der Waals surface area contributed by atoms with E-state index in [0.717, 1.165) is 34.1 Å². The highest BCUT2D eigenvalue weighted by atomic mass is 15.2. The summed E-state index contributed by atoms with van der Waals surface area (Å²) in [4.78, 5) is 4.92. The topological polar surface area (TPSA) is 6.48 Å². The molecule has 14 rings (SSSR count). The van der Waals surface area contributed by atoms with E-state index < -0.39 is 5.41 Å². The number of hydrogen-bond acceptors (Lipinski definition) is 2. The predicted octanol–water partition coefficient (Wildman–Crippen LogP) is 17.4. The first kappa shape index (κ1) is 37.6. The van der Waals surface area contributed by atoms with Crippen LogP contribution >= 0.6 is 0 Å². The van der Waals surface area contributed by atoms with Crippen molar-refractivity contribution in [3.8, 4) is 55.6 Å². The molecule has 0 aromatic heterocycles. The molecule has 2 nitrogen and oxygen atoms in total. The molecule has 0 N–H and O–H groups in total. The molecule has 1 aliphatic heterocycles. The first-order valence-electron chi connectivity index (χ1n) is 23.3. The van der Waals surface area contributed by atoms with Crippen LogP contribution in [-0.4, -0.2) is 0 Å². The smallest absolute Gasteiger partial charge is 0.0726 e. The van der Waals surface area contributed by atoms with Crippen molar-refractivity contribution in [1.82, 2.24) is 0 Å². The molecule has 0 bridgehead atoms. The van der Waals surface area contributed by atoms with Crippen molar-refractivity contribution in [3.05, 3.63) is 277 Å². The molecule has 3 aliphatic rings. The molecular formula is C65H42N2. The van der Waals surface area contributed by atoms with Gasteiger partial charge in [-0.05, 0) is 132 Å². The Labute approximate surface area is 390 Å². The maximum atomic E-state index is 2.52. The number of anilines is 6. The van der Waals surface area contributed by atoms with E-state index >= 15 is 0 Å². The number of benzene rings is 11. The number of fused-ring (bicyclic) bond motifs is 19. The minimum atomic E-state index is -0.634. The third-order valence-electron chi connectivity index (χ3n) is 14.6. The fourth-order valence-electron chi connectivity index (χ4n) is 11.9. The van der Waals surface area contributed by atoms with E-state index in [-0.39, 0.29) is 0 Å². The molecule has 11 aromatic carbocycles. The normalized spacial score (nSPS) is 14.6. The van der Waals surface area contributed by atoms with Gasteiger partial charge in [0.15, 0.2) is 0 Å². The molecule has 2 heteroatoms. The minimum Gasteiger partial charge on any atom is -0.310 e. The van der Waals surface area contributed by atoms with Gasteiger partial charge in [-0.2, -0.15) is 0 Å². The monoisotopic (exact) mass is 850 g/mol. The Kier molecular flexibility index (Phi) is 8.23. The molecule has 1 heterocycles. The SMILES string of the molecule is c1ccc(N(c2ccc3c(c2)N(c2ccccc2)c2ccccc2-c2ccccc2-3)c2ccc3c(c2)C2(c4ccccc4-c4ccccc4-3)c3ccccc3-c3c2ccc2ccccc32)cc1. The van der Waals surface area contributed by atoms with Crippen LogP contribution in [0, 0.1) is 0 Å². The van der Waals surface area contributed by atoms with E-state index in [4.69, 9.17) is 0 Å². The molecule has 1 atom stereocenters. The highest BCUT2D eigenvalue weighted by Crippen LogP contribution is 2.63. The largest absolute Gasteiger partial charge is 0.310 e. The van der Waals surface area contributed by atoms with E-state index in [1.54, 1.807) is 0 Å². The molecule has 1 unspecified atom stereocenters. The van der Waals surface area contributed by atoms with Crippen LogP contribution in [0.15, 0.2) is 255 Å². The van der Waals surface area contributed by atoms with Gasteiger partial charge in [-0.15, -0.1) is 0 Å². The van der Waals surface area contributed by atoms with Crippen molar-refractivity contribution in [2.45, 2.75) is 5.41 Å². The highest BCUT2D eigenvalue weighted by molar-refractivity contribution is 6.07. The molecule has 0 fully saturated rings. The van der Waals surface area contributed by atoms with Crippen LogP contribution in [0.1, 0.15) is 22.3 Å². The van der Waals surface area contributed by atoms with Gasteiger partial charge in [0.2, 0.25) is 0 Å². The van der Waals surface area contributed by atoms with Crippen molar-refractivity contribution in [2.24, 2.45) is 0 Å². The lowest BCUT2D eigenvalue weighted by atomic mass is 9.65. The zero-order chi connectivity index (χ0) is 44.1. The van der Waals surface area contributed by atoms with Crippen LogP contribution in [0.25, 0.3) is 66.4 Å². The Balaban J connectivity index is 1.08. The van der Waals surface area contributed by atoms with Crippen LogP contribution in [-0.2, 0) is 5.41 Å². The summed E-state index contributed by atoms with van der Waals surface area (Å²) in [6.45, 7) is 0. The van der Waals surface area contributed by atoms with Crippen molar-refractivity contribution in [3.63, 3.8) is 0 Å². The van der Waals surface area contributed by atoms with Crippen molar-refractivity contribution in [2.75, 3.05) is 9.80 Å². The van der Waals surface area contributed by atoms with Gasteiger partial charge in [0, 0.05) is 33.9 Å². The number of nitrogens with zero attached hydrogens (tertiary/aromatic N) is 2. The molecule has 312 valence electrons. The summed E-state index contributed by atoms with van der Waals surface area (Å²) in [5.74, 6) is 0. The minimum absolute atomic E-state index is 0.634. The summed E-state index contributed by atoms with van der Waals surface area (Å²) >= 11 is 0. The molecule has 0 amide bonds. The second-order valence-electron chi connectivity index (χ2n) is 17.9. The van der Waals surface area contributed by atoms with Gasteiger partial charge in [0.25, 0.3) is 0 Å². The fourth-order valence-corrected chi connectivity index (χ4v) is 11.9. The summed E-state index contributed by atoms with van der Waals surface area (Å²) in [7, 11) is 0. The first-order valence-corrected chi connectivity index (χ1v) is 23.3. The van der Waals surface area contributed by atoms with Crippen LogP contribution in [0.5, 0.6) is 0 Å². The molecule has 0 saturated heterocycles. The average Bonchev–Trinajstić information content (AvgIpc) is 3.58. The number of hydrogen-bond donors (Lipinski definition) is 0. The summed E-state index contributed by atoms with van der Waals surface area (Å²) in [6, 6.07) is 94.8. The van der Waals surface area contributed by atoms with Gasteiger partial charge >= 0.3 is 0 Å². The van der Waals surface area contributed by atoms with Gasteiger partial charge in [-0.25, -0.2) is 0 Å². The Morgan fingerprint density at radius 1 is 0.284 bits per heavy atom. The van der Waals surface area contributed by atoms with Gasteiger partial charge in [0.05, 0.1) is 16.8 Å². The van der Waals surface area contributed by atoms with E-state index in [0.29, 0.717) is 0 Å². The number of para-hydroxylation sites is 3. The third kappa shape index (κ3) is 5.39. The highest BCUT2D eigenvalue weighted by Gasteiger charge is 2.50. The van der Waals surface area contributed by atoms with Crippen LogP contribution < -0.4 is 9.80 Å². The van der Waals surface area contributed by atoms with Crippen LogP contribution in [0.2, 0.25) is 0 Å². The molecule has 2 aliphatic carbocycles. The summed E-state index contributed by atoms with van der Waals surface area (Å²) in [5, 5.41) is 2.53. The second-order valence-corrected chi connectivity index (χ2v) is 17.9. The zero-order valence-electron chi connectivity index (χ0n) is 36.6. The Morgan fingerprint density at radius 3 is 1.49 bits per heavy atom. The Bertz CT molecular complexity index is 3780. The lowest BCUT2D eigenvalue weighted by Crippen LogP contribution is -2.29. The molecule has 11 aromatic rings. The van der Waals surface area contributed by atoms with Crippen LogP contribution in [0.4, 0.5) is 34.1 Å². The van der Waals surface area contributed by atoms with Gasteiger partial charge < -0.3 is 9.80 Å². The standard InChI is InChI=1S/C65H42N2/c1-3-20-44(21-4-1)66(47-37-39-56-52-28-12-11-27-51(52)55-30-15-18-34-62(55)67(63(56)42-47)45-22-5-2-6-23-45)46-36-38-54-50-26-10-9-25-49(50)53-29-13-16-32-58(53)65(61(54)41-46)59-33-17-14-31-57(59)64-48-24-8-7-19-43(48)35-40-60(64)65/h1-42H. The molecule has 67 heavy (non-hydrogen) atoms. The quantitative estimate of drug-likeness (QED) is 0.174. The van der Waals surface area contributed by atoms with Crippen molar-refractivity contribution < 1.29 is 0 Å². The Hall–Kier alpha value is -8.72. The zero-order valence-corrected chi connectivity index (χ0v) is 36.6. The van der Waals surface area contributed by atoms with E-state index in [9.17, 15) is 0 Å². The van der Waals surface area contributed by atoms with E-state index in [1.165, 1.54) is 88.7 Å². The number of rotatable bonds is 4. The van der Waals surface area contributed by atoms with E-state index in [1.807, 2.05) is 0 Å². The van der Waals surface area contributed by atoms with Gasteiger partial charge in [-0.3, -0.25) is 0 Å². The summed E-state index contributed by atoms with van der Waals surface area (Å²) < 4.78 is 0. The Morgan fingerprint density at radius 2 is 0.776 bits per heavy atom.